The highest BCUT2D eigenvalue weighted by Crippen LogP contribution is 2.28. The van der Waals surface area contributed by atoms with Gasteiger partial charge in [-0.05, 0) is 44.6 Å². The highest BCUT2D eigenvalue weighted by molar-refractivity contribution is 5.78. The van der Waals surface area contributed by atoms with E-state index in [9.17, 15) is 14.9 Å². The summed E-state index contributed by atoms with van der Waals surface area (Å²) in [6, 6.07) is 4.92. The molecule has 0 aromatic heterocycles. The van der Waals surface area contributed by atoms with E-state index in [1.54, 1.807) is 24.0 Å². The number of hydrogen-bond acceptors (Lipinski definition) is 4. The maximum absolute atomic E-state index is 12.3. The summed E-state index contributed by atoms with van der Waals surface area (Å²) in [6.07, 6.45) is 4.35. The smallest absolute Gasteiger partial charge is 0.276 e. The first kappa shape index (κ1) is 17.2. The molecule has 1 aromatic carbocycles. The molecule has 6 nitrogen and oxygen atoms in total. The Labute approximate surface area is 136 Å². The van der Waals surface area contributed by atoms with E-state index in [-0.39, 0.29) is 24.2 Å². The summed E-state index contributed by atoms with van der Waals surface area (Å²) in [5.74, 6) is 1.03. The molecule has 0 N–H and O–H groups in total. The highest BCUT2D eigenvalue weighted by atomic mass is 16.6. The van der Waals surface area contributed by atoms with Crippen molar-refractivity contribution in [2.24, 2.45) is 5.92 Å². The van der Waals surface area contributed by atoms with E-state index in [0.717, 1.165) is 31.6 Å². The Morgan fingerprint density at radius 3 is 2.61 bits per heavy atom. The van der Waals surface area contributed by atoms with Crippen molar-refractivity contribution in [1.29, 1.82) is 0 Å². The van der Waals surface area contributed by atoms with E-state index in [1.165, 1.54) is 6.07 Å². The van der Waals surface area contributed by atoms with Gasteiger partial charge in [0.1, 0.15) is 5.75 Å². The lowest BCUT2D eigenvalue weighted by molar-refractivity contribution is -0.385. The second-order valence-corrected chi connectivity index (χ2v) is 6.36. The van der Waals surface area contributed by atoms with Gasteiger partial charge in [0.25, 0.3) is 11.6 Å². The lowest BCUT2D eigenvalue weighted by Crippen LogP contribution is -2.41. The zero-order valence-electron chi connectivity index (χ0n) is 13.9. The number of rotatable bonds is 5. The van der Waals surface area contributed by atoms with Crippen molar-refractivity contribution in [2.45, 2.75) is 45.6 Å². The Morgan fingerprint density at radius 1 is 1.35 bits per heavy atom. The van der Waals surface area contributed by atoms with E-state index in [1.807, 2.05) is 7.05 Å². The van der Waals surface area contributed by atoms with Gasteiger partial charge in [-0.2, -0.15) is 0 Å². The molecule has 0 unspecified atom stereocenters. The van der Waals surface area contributed by atoms with Crippen molar-refractivity contribution in [3.05, 3.63) is 33.9 Å². The normalized spacial score (nSPS) is 20.8. The van der Waals surface area contributed by atoms with Gasteiger partial charge in [0.15, 0.2) is 6.61 Å². The molecule has 1 saturated carbocycles. The Hall–Kier alpha value is -2.11. The molecule has 1 aliphatic rings. The largest absolute Gasteiger partial charge is 0.483 e. The van der Waals surface area contributed by atoms with Crippen LogP contribution in [0.3, 0.4) is 0 Å². The van der Waals surface area contributed by atoms with Gasteiger partial charge in [0.05, 0.1) is 10.5 Å². The van der Waals surface area contributed by atoms with Gasteiger partial charge in [-0.1, -0.05) is 13.0 Å². The lowest BCUT2D eigenvalue weighted by atomic mass is 9.87. The van der Waals surface area contributed by atoms with Crippen LogP contribution in [0.5, 0.6) is 5.75 Å². The molecule has 0 heterocycles. The van der Waals surface area contributed by atoms with Crippen LogP contribution in [0, 0.1) is 23.0 Å². The molecule has 0 radical (unpaired) electrons. The highest BCUT2D eigenvalue weighted by Gasteiger charge is 2.25. The quantitative estimate of drug-likeness (QED) is 0.616. The van der Waals surface area contributed by atoms with Crippen molar-refractivity contribution in [1.82, 2.24) is 4.90 Å². The van der Waals surface area contributed by atoms with Gasteiger partial charge in [-0.15, -0.1) is 0 Å². The van der Waals surface area contributed by atoms with E-state index < -0.39 is 4.92 Å². The first-order chi connectivity index (χ1) is 10.9. The van der Waals surface area contributed by atoms with Gasteiger partial charge >= 0.3 is 0 Å². The Morgan fingerprint density at radius 2 is 2.00 bits per heavy atom. The predicted molar refractivity (Wildman–Crippen MR) is 87.5 cm³/mol. The first-order valence-electron chi connectivity index (χ1n) is 8.02. The summed E-state index contributed by atoms with van der Waals surface area (Å²) in [6.45, 7) is 3.78. The third-order valence-electron chi connectivity index (χ3n) is 4.73. The van der Waals surface area contributed by atoms with Crippen LogP contribution >= 0.6 is 0 Å². The maximum atomic E-state index is 12.3. The third-order valence-corrected chi connectivity index (χ3v) is 4.73. The van der Waals surface area contributed by atoms with Crippen LogP contribution < -0.4 is 4.74 Å². The molecule has 0 atom stereocenters. The van der Waals surface area contributed by atoms with Gasteiger partial charge < -0.3 is 9.64 Å². The number of ether oxygens (including phenoxy) is 1. The van der Waals surface area contributed by atoms with Crippen molar-refractivity contribution in [3.8, 4) is 5.75 Å². The Kier molecular flexibility index (Phi) is 5.58. The molecule has 0 saturated heterocycles. The van der Waals surface area contributed by atoms with Crippen molar-refractivity contribution >= 4 is 11.6 Å². The second kappa shape index (κ2) is 7.44. The van der Waals surface area contributed by atoms with Crippen LogP contribution in [-0.4, -0.2) is 35.4 Å². The van der Waals surface area contributed by atoms with Gasteiger partial charge in [0.2, 0.25) is 0 Å². The summed E-state index contributed by atoms with van der Waals surface area (Å²) in [5, 5.41) is 10.9. The monoisotopic (exact) mass is 320 g/mol. The minimum Gasteiger partial charge on any atom is -0.483 e. The van der Waals surface area contributed by atoms with Gasteiger partial charge in [-0.25, -0.2) is 0 Å². The molecular formula is C17H24N2O4. The Bertz CT molecular complexity index is 580. The van der Waals surface area contributed by atoms with Crippen molar-refractivity contribution < 1.29 is 14.5 Å². The van der Waals surface area contributed by atoms with Crippen molar-refractivity contribution in [2.75, 3.05) is 13.7 Å². The molecule has 1 aliphatic carbocycles. The van der Waals surface area contributed by atoms with Gasteiger partial charge in [-0.3, -0.25) is 14.9 Å². The second-order valence-electron chi connectivity index (χ2n) is 6.36. The summed E-state index contributed by atoms with van der Waals surface area (Å²) in [4.78, 5) is 24.5. The van der Waals surface area contributed by atoms with Crippen LogP contribution in [0.4, 0.5) is 5.69 Å². The first-order valence-corrected chi connectivity index (χ1v) is 8.02. The number of carbonyl (C=O) groups is 1. The van der Waals surface area contributed by atoms with E-state index >= 15 is 0 Å². The van der Waals surface area contributed by atoms with Crippen LogP contribution in [0.15, 0.2) is 18.2 Å². The minimum absolute atomic E-state index is 0.00423. The van der Waals surface area contributed by atoms with Crippen LogP contribution in [0.1, 0.15) is 38.2 Å². The fourth-order valence-corrected chi connectivity index (χ4v) is 3.03. The molecule has 23 heavy (non-hydrogen) atoms. The number of likely N-dealkylation sites (N-methyl/N-ethyl adjacent to an activating group) is 1. The molecule has 1 amide bonds. The fraction of sp³-hybridized carbons (Fsp3) is 0.588. The number of nitro groups is 1. The van der Waals surface area contributed by atoms with E-state index in [0.29, 0.717) is 11.3 Å². The van der Waals surface area contributed by atoms with Crippen LogP contribution in [0.2, 0.25) is 0 Å². The number of carbonyl (C=O) groups excluding carboxylic acids is 1. The number of benzene rings is 1. The van der Waals surface area contributed by atoms with Crippen LogP contribution in [0.25, 0.3) is 0 Å². The SMILES string of the molecule is Cc1c(OCC(=O)N(C)C2CCC(C)CC2)cccc1[N+](=O)[O-]. The summed E-state index contributed by atoms with van der Waals surface area (Å²) in [7, 11) is 1.81. The Balaban J connectivity index is 1.94. The summed E-state index contributed by atoms with van der Waals surface area (Å²) in [5.41, 5.74) is 0.448. The molecule has 1 aromatic rings. The molecule has 6 heteroatoms. The number of amides is 1. The van der Waals surface area contributed by atoms with Crippen molar-refractivity contribution in [3.63, 3.8) is 0 Å². The number of nitro benzene ring substituents is 1. The standard InChI is InChI=1S/C17H24N2O4/c1-12-7-9-14(10-8-12)18(3)17(20)11-23-16-6-4-5-15(13(16)2)19(21)22/h4-6,12,14H,7-11H2,1-3H3. The number of nitrogens with zero attached hydrogens (tertiary/aromatic N) is 2. The molecule has 0 spiro atoms. The molecule has 0 bridgehead atoms. The minimum atomic E-state index is -0.445. The average Bonchev–Trinajstić information content (AvgIpc) is 2.53. The molecule has 0 aliphatic heterocycles. The van der Waals surface area contributed by atoms with E-state index in [4.69, 9.17) is 4.74 Å². The number of hydrogen-bond donors (Lipinski definition) is 0. The summed E-state index contributed by atoms with van der Waals surface area (Å²) < 4.78 is 5.53. The molecular weight excluding hydrogens is 296 g/mol. The summed E-state index contributed by atoms with van der Waals surface area (Å²) >= 11 is 0. The predicted octanol–water partition coefficient (Wildman–Crippen LogP) is 3.32. The topological polar surface area (TPSA) is 72.7 Å². The maximum Gasteiger partial charge on any atom is 0.276 e. The lowest BCUT2D eigenvalue weighted by Gasteiger charge is -2.33. The molecule has 1 fully saturated rings. The molecule has 126 valence electrons. The van der Waals surface area contributed by atoms with Gasteiger partial charge in [0, 0.05) is 19.2 Å². The zero-order chi connectivity index (χ0) is 17.0. The third kappa shape index (κ3) is 4.21. The van der Waals surface area contributed by atoms with E-state index in [2.05, 4.69) is 6.92 Å². The van der Waals surface area contributed by atoms with Crippen LogP contribution in [-0.2, 0) is 4.79 Å². The average molecular weight is 320 g/mol. The zero-order valence-corrected chi connectivity index (χ0v) is 13.9. The molecule has 2 rings (SSSR count). The fourth-order valence-electron chi connectivity index (χ4n) is 3.03.